The molecule has 4 heterocycles. The summed E-state index contributed by atoms with van der Waals surface area (Å²) < 4.78 is 9.70. The van der Waals surface area contributed by atoms with Crippen molar-refractivity contribution >= 4 is 141 Å². The molecule has 0 saturated heterocycles. The van der Waals surface area contributed by atoms with Crippen LogP contribution in [0.25, 0.3) is 197 Å². The zero-order valence-electron chi connectivity index (χ0n) is 55.6. The smallest absolute Gasteiger partial charge is 0.0548 e. The number of benzene rings is 18. The molecule has 102 heavy (non-hydrogen) atoms. The molecule has 4 heteroatoms. The van der Waals surface area contributed by atoms with Gasteiger partial charge in [0, 0.05) is 65.5 Å². The minimum absolute atomic E-state index is 1.16. The Morgan fingerprint density at radius 1 is 0.147 bits per heavy atom. The molecule has 0 aliphatic rings. The van der Waals surface area contributed by atoms with Crippen molar-refractivity contribution in [3.8, 4) is 56.1 Å². The van der Waals surface area contributed by atoms with Gasteiger partial charge in [0.2, 0.25) is 0 Å². The Morgan fingerprint density at radius 2 is 0.451 bits per heavy atom. The Bertz CT molecular complexity index is 6960. The van der Waals surface area contributed by atoms with E-state index in [1.807, 2.05) is 0 Å². The van der Waals surface area contributed by atoms with Crippen molar-refractivity contribution in [1.29, 1.82) is 0 Å². The number of fused-ring (bicyclic) bond motifs is 21. The third kappa shape index (κ3) is 8.89. The minimum atomic E-state index is 1.16. The highest BCUT2D eigenvalue weighted by Gasteiger charge is 2.23. The van der Waals surface area contributed by atoms with Gasteiger partial charge in [-0.05, 0) is 185 Å². The number of para-hydroxylation sites is 3. The fourth-order valence-corrected chi connectivity index (χ4v) is 17.0. The van der Waals surface area contributed by atoms with Gasteiger partial charge < -0.3 is 18.3 Å². The Labute approximate surface area is 587 Å². The Morgan fingerprint density at radius 3 is 0.922 bits per heavy atom. The van der Waals surface area contributed by atoms with E-state index in [0.29, 0.717) is 0 Å². The van der Waals surface area contributed by atoms with E-state index in [9.17, 15) is 0 Å². The first kappa shape index (κ1) is 57.5. The van der Waals surface area contributed by atoms with Crippen LogP contribution in [-0.4, -0.2) is 18.3 Å². The van der Waals surface area contributed by atoms with Crippen LogP contribution in [0.4, 0.5) is 0 Å². The van der Waals surface area contributed by atoms with Gasteiger partial charge in [-0.25, -0.2) is 0 Å². The van der Waals surface area contributed by atoms with E-state index < -0.39 is 0 Å². The number of rotatable bonds is 7. The fraction of sp³-hybridized carbons (Fsp3) is 0. The molecule has 22 aromatic rings. The van der Waals surface area contributed by atoms with E-state index in [1.165, 1.54) is 186 Å². The molecule has 0 aliphatic carbocycles. The van der Waals surface area contributed by atoms with Crippen LogP contribution >= 0.6 is 0 Å². The van der Waals surface area contributed by atoms with Crippen molar-refractivity contribution in [1.82, 2.24) is 18.3 Å². The second-order valence-electron chi connectivity index (χ2n) is 27.0. The Balaban J connectivity index is 0.000000133. The summed E-state index contributed by atoms with van der Waals surface area (Å²) in [5.74, 6) is 0. The highest BCUT2D eigenvalue weighted by atomic mass is 15.0. The third-order valence-corrected chi connectivity index (χ3v) is 21.6. The molecular weight excluding hydrogens is 1230 g/mol. The molecule has 474 valence electrons. The Kier molecular flexibility index (Phi) is 13.0. The summed E-state index contributed by atoms with van der Waals surface area (Å²) in [5, 5.41) is 22.9. The maximum absolute atomic E-state index is 2.49. The molecule has 18 aromatic carbocycles. The van der Waals surface area contributed by atoms with Crippen LogP contribution in [0.3, 0.4) is 0 Å². The zero-order chi connectivity index (χ0) is 66.9. The fourth-order valence-electron chi connectivity index (χ4n) is 17.0. The lowest BCUT2D eigenvalue weighted by Crippen LogP contribution is -1.96. The van der Waals surface area contributed by atoms with Crippen LogP contribution in [0.1, 0.15) is 0 Å². The van der Waals surface area contributed by atoms with E-state index in [1.54, 1.807) is 0 Å². The molecule has 0 atom stereocenters. The molecule has 0 radical (unpaired) electrons. The molecule has 4 aromatic heterocycles. The van der Waals surface area contributed by atoms with Gasteiger partial charge in [0.15, 0.2) is 0 Å². The second-order valence-corrected chi connectivity index (χ2v) is 27.0. The first-order chi connectivity index (χ1) is 50.6. The number of hydrogen-bond acceptors (Lipinski definition) is 0. The largest absolute Gasteiger partial charge is 0.309 e. The maximum atomic E-state index is 2.49. The standard InChI is InChI=1S/C50H32N2.C48H30N2/c1-2-10-33(11-3-1)34-18-25-39(26-19-34)51-45-17-9-8-16-43(45)44-32-38(24-29-46(44)51)35-20-27-40(28-21-35)52-47-30-22-36-12-4-6-14-41(36)49(47)50-42-15-7-5-13-37(42)23-31-48(50)52;1-2-14-34(15-3-1)49-42-21-11-10-20-40(42)41-30-33(24-26-44(41)49)35-25-29-43(39-19-9-8-18-38(35)39)50-45-27-22-31-12-4-6-16-36(31)47(45)48-37-17-7-5-13-32(37)23-28-46(48)50/h1-32H;1-30H. The SMILES string of the molecule is c1ccc(-c2ccc(-n3c4ccccc4c4cc(-c5ccc(-n6c7ccc8ccccc8c7c7c8ccccc8ccc76)cc5)ccc43)cc2)cc1.c1ccc(-n2c3ccccc3c3cc(-c4ccc(-n5c6ccc7ccccc7c6c6c7ccccc7ccc65)c5ccccc45)ccc32)cc1. The first-order valence-electron chi connectivity index (χ1n) is 35.2. The molecular formula is C98H62N4. The average Bonchev–Trinajstić information content (AvgIpc) is 1.56. The second kappa shape index (κ2) is 23.0. The van der Waals surface area contributed by atoms with Gasteiger partial charge >= 0.3 is 0 Å². The molecule has 0 bridgehead atoms. The van der Waals surface area contributed by atoms with Gasteiger partial charge in [-0.3, -0.25) is 0 Å². The van der Waals surface area contributed by atoms with Gasteiger partial charge in [-0.2, -0.15) is 0 Å². The molecule has 0 spiro atoms. The lowest BCUT2D eigenvalue weighted by atomic mass is 9.95. The first-order valence-corrected chi connectivity index (χ1v) is 35.2. The molecule has 0 saturated carbocycles. The summed E-state index contributed by atoms with van der Waals surface area (Å²) in [5.41, 5.74) is 21.8. The van der Waals surface area contributed by atoms with E-state index in [4.69, 9.17) is 0 Å². The lowest BCUT2D eigenvalue weighted by Gasteiger charge is -2.15. The molecule has 0 fully saturated rings. The minimum Gasteiger partial charge on any atom is -0.309 e. The van der Waals surface area contributed by atoms with E-state index in [-0.39, 0.29) is 0 Å². The van der Waals surface area contributed by atoms with Crippen molar-refractivity contribution in [3.63, 3.8) is 0 Å². The van der Waals surface area contributed by atoms with Gasteiger partial charge in [-0.15, -0.1) is 0 Å². The van der Waals surface area contributed by atoms with Crippen LogP contribution in [0, 0.1) is 0 Å². The Hall–Kier alpha value is -13.5. The predicted molar refractivity (Wildman–Crippen MR) is 434 cm³/mol. The summed E-state index contributed by atoms with van der Waals surface area (Å²) in [6.45, 7) is 0. The molecule has 0 aliphatic heterocycles. The molecule has 4 nitrogen and oxygen atoms in total. The van der Waals surface area contributed by atoms with Crippen molar-refractivity contribution in [2.45, 2.75) is 0 Å². The quantitative estimate of drug-likeness (QED) is 0.152. The van der Waals surface area contributed by atoms with E-state index >= 15 is 0 Å². The summed E-state index contributed by atoms with van der Waals surface area (Å²) in [7, 11) is 0. The number of aromatic nitrogens is 4. The van der Waals surface area contributed by atoms with E-state index in [2.05, 4.69) is 394 Å². The third-order valence-electron chi connectivity index (χ3n) is 21.6. The topological polar surface area (TPSA) is 19.7 Å². The monoisotopic (exact) mass is 1290 g/mol. The molecule has 0 unspecified atom stereocenters. The molecule has 0 N–H and O–H groups in total. The van der Waals surface area contributed by atoms with Gasteiger partial charge in [0.05, 0.1) is 49.8 Å². The normalized spacial score (nSPS) is 11.9. The molecule has 0 amide bonds. The van der Waals surface area contributed by atoms with Gasteiger partial charge in [0.25, 0.3) is 0 Å². The highest BCUT2D eigenvalue weighted by molar-refractivity contribution is 6.30. The average molecular weight is 1300 g/mol. The van der Waals surface area contributed by atoms with Crippen LogP contribution in [0.5, 0.6) is 0 Å². The lowest BCUT2D eigenvalue weighted by molar-refractivity contribution is 1.18. The van der Waals surface area contributed by atoms with Crippen LogP contribution in [0.15, 0.2) is 376 Å². The predicted octanol–water partition coefficient (Wildman–Crippen LogP) is 26.5. The van der Waals surface area contributed by atoms with Gasteiger partial charge in [-0.1, -0.05) is 273 Å². The van der Waals surface area contributed by atoms with E-state index in [0.717, 1.165) is 11.4 Å². The summed E-state index contributed by atoms with van der Waals surface area (Å²) >= 11 is 0. The van der Waals surface area contributed by atoms with Crippen molar-refractivity contribution < 1.29 is 0 Å². The maximum Gasteiger partial charge on any atom is 0.0548 e. The highest BCUT2D eigenvalue weighted by Crippen LogP contribution is 2.46. The summed E-state index contributed by atoms with van der Waals surface area (Å²) in [6.07, 6.45) is 0. The number of nitrogens with zero attached hydrogens (tertiary/aromatic N) is 4. The van der Waals surface area contributed by atoms with Gasteiger partial charge in [0.1, 0.15) is 0 Å². The zero-order valence-corrected chi connectivity index (χ0v) is 55.6. The summed E-state index contributed by atoms with van der Waals surface area (Å²) in [4.78, 5) is 0. The van der Waals surface area contributed by atoms with Crippen LogP contribution in [0.2, 0.25) is 0 Å². The summed E-state index contributed by atoms with van der Waals surface area (Å²) in [6, 6.07) is 138. The molecule has 22 rings (SSSR count). The van der Waals surface area contributed by atoms with Crippen LogP contribution in [-0.2, 0) is 0 Å². The van der Waals surface area contributed by atoms with Crippen molar-refractivity contribution in [2.75, 3.05) is 0 Å². The van der Waals surface area contributed by atoms with Crippen LogP contribution < -0.4 is 0 Å². The van der Waals surface area contributed by atoms with Crippen molar-refractivity contribution in [2.24, 2.45) is 0 Å². The number of hydrogen-bond donors (Lipinski definition) is 0. The van der Waals surface area contributed by atoms with Crippen molar-refractivity contribution in [3.05, 3.63) is 376 Å².